The van der Waals surface area contributed by atoms with Gasteiger partial charge in [-0.25, -0.2) is 9.97 Å². The highest BCUT2D eigenvalue weighted by atomic mass is 16.5. The second-order valence-corrected chi connectivity index (χ2v) is 4.89. The first-order valence-electron chi connectivity index (χ1n) is 6.78. The number of amides is 1. The van der Waals surface area contributed by atoms with E-state index >= 15 is 0 Å². The number of methoxy groups -OCH3 is 1. The lowest BCUT2D eigenvalue weighted by Gasteiger charge is -2.07. The number of nitrogens with zero attached hydrogens (tertiary/aromatic N) is 2. The summed E-state index contributed by atoms with van der Waals surface area (Å²) < 4.78 is 5.16. The Kier molecular flexibility index (Phi) is 3.68. The Morgan fingerprint density at radius 2 is 2.14 bits per heavy atom. The molecule has 0 radical (unpaired) electrons. The zero-order valence-electron chi connectivity index (χ0n) is 11.7. The third kappa shape index (κ3) is 3.47. The van der Waals surface area contributed by atoms with Crippen LogP contribution in [-0.4, -0.2) is 29.0 Å². The number of aromatic nitrogens is 2. The highest BCUT2D eigenvalue weighted by Gasteiger charge is 2.24. The van der Waals surface area contributed by atoms with Gasteiger partial charge in [0.1, 0.15) is 17.3 Å². The molecular weight excluding hydrogens is 268 g/mol. The second kappa shape index (κ2) is 5.78. The number of benzene rings is 1. The summed E-state index contributed by atoms with van der Waals surface area (Å²) in [7, 11) is 1.62. The van der Waals surface area contributed by atoms with Gasteiger partial charge in [0.25, 0.3) is 5.91 Å². The van der Waals surface area contributed by atoms with Gasteiger partial charge in [0, 0.05) is 17.8 Å². The molecule has 6 nitrogen and oxygen atoms in total. The fraction of sp³-hybridized carbons (Fsp3) is 0.267. The molecule has 0 bridgehead atoms. The maximum atomic E-state index is 11.8. The van der Waals surface area contributed by atoms with Gasteiger partial charge in [0.05, 0.1) is 19.5 Å². The van der Waals surface area contributed by atoms with Gasteiger partial charge >= 0.3 is 0 Å². The lowest BCUT2D eigenvalue weighted by atomic mass is 10.3. The molecule has 3 rings (SSSR count). The maximum absolute atomic E-state index is 11.8. The molecule has 1 fully saturated rings. The average Bonchev–Trinajstić information content (AvgIpc) is 3.32. The Balaban J connectivity index is 1.67. The van der Waals surface area contributed by atoms with Crippen molar-refractivity contribution in [1.82, 2.24) is 15.3 Å². The van der Waals surface area contributed by atoms with E-state index in [4.69, 9.17) is 4.74 Å². The van der Waals surface area contributed by atoms with E-state index in [1.807, 2.05) is 24.3 Å². The quantitative estimate of drug-likeness (QED) is 0.879. The summed E-state index contributed by atoms with van der Waals surface area (Å²) in [6, 6.07) is 7.82. The topological polar surface area (TPSA) is 76.1 Å². The molecule has 21 heavy (non-hydrogen) atoms. The summed E-state index contributed by atoms with van der Waals surface area (Å²) in [5.41, 5.74) is 1.18. The molecule has 108 valence electrons. The van der Waals surface area contributed by atoms with E-state index < -0.39 is 0 Å². The summed E-state index contributed by atoms with van der Waals surface area (Å²) >= 11 is 0. The monoisotopic (exact) mass is 284 g/mol. The summed E-state index contributed by atoms with van der Waals surface area (Å²) in [5, 5.41) is 5.99. The van der Waals surface area contributed by atoms with Crippen LogP contribution in [0, 0.1) is 0 Å². The lowest BCUT2D eigenvalue weighted by molar-refractivity contribution is 0.0945. The molecule has 1 aliphatic rings. The molecule has 0 spiro atoms. The zero-order valence-corrected chi connectivity index (χ0v) is 11.7. The van der Waals surface area contributed by atoms with Gasteiger partial charge in [0.15, 0.2) is 0 Å². The molecule has 2 N–H and O–H groups in total. The van der Waals surface area contributed by atoms with Gasteiger partial charge in [-0.1, -0.05) is 6.07 Å². The highest BCUT2D eigenvalue weighted by molar-refractivity contribution is 5.92. The van der Waals surface area contributed by atoms with Crippen molar-refractivity contribution in [3.05, 3.63) is 42.4 Å². The predicted molar refractivity (Wildman–Crippen MR) is 78.8 cm³/mol. The zero-order chi connectivity index (χ0) is 14.7. The van der Waals surface area contributed by atoms with Crippen molar-refractivity contribution in [2.45, 2.75) is 18.9 Å². The molecular formula is C15H16N4O2. The van der Waals surface area contributed by atoms with E-state index in [0.29, 0.717) is 17.6 Å². The van der Waals surface area contributed by atoms with Gasteiger partial charge in [-0.05, 0) is 25.0 Å². The Labute approximate surface area is 122 Å². The minimum atomic E-state index is -0.169. The van der Waals surface area contributed by atoms with Crippen LogP contribution in [0.3, 0.4) is 0 Å². The largest absolute Gasteiger partial charge is 0.497 e. The third-order valence-electron chi connectivity index (χ3n) is 3.14. The van der Waals surface area contributed by atoms with E-state index in [-0.39, 0.29) is 5.91 Å². The fourth-order valence-corrected chi connectivity index (χ4v) is 1.85. The highest BCUT2D eigenvalue weighted by Crippen LogP contribution is 2.20. The van der Waals surface area contributed by atoms with Crippen LogP contribution in [-0.2, 0) is 0 Å². The molecule has 1 aromatic heterocycles. The number of ether oxygens (including phenoxy) is 1. The van der Waals surface area contributed by atoms with Crippen LogP contribution in [0.2, 0.25) is 0 Å². The molecule has 2 aromatic rings. The number of nitrogens with one attached hydrogen (secondary N) is 2. The fourth-order valence-electron chi connectivity index (χ4n) is 1.85. The summed E-state index contributed by atoms with van der Waals surface area (Å²) in [4.78, 5) is 20.1. The number of carbonyl (C=O) groups is 1. The van der Waals surface area contributed by atoms with Crippen molar-refractivity contribution in [2.75, 3.05) is 12.4 Å². The van der Waals surface area contributed by atoms with Gasteiger partial charge in [-0.15, -0.1) is 0 Å². The average molecular weight is 284 g/mol. The molecule has 1 aromatic carbocycles. The number of carbonyl (C=O) groups excluding carboxylic acids is 1. The summed E-state index contributed by atoms with van der Waals surface area (Å²) in [5.74, 6) is 1.16. The molecule has 1 aliphatic carbocycles. The first-order chi connectivity index (χ1) is 10.2. The molecule has 1 heterocycles. The Hall–Kier alpha value is -2.63. The molecule has 0 atom stereocenters. The molecule has 6 heteroatoms. The molecule has 1 amide bonds. The minimum Gasteiger partial charge on any atom is -0.497 e. The number of hydrogen-bond acceptors (Lipinski definition) is 5. The minimum absolute atomic E-state index is 0.169. The third-order valence-corrected chi connectivity index (χ3v) is 3.14. The first-order valence-corrected chi connectivity index (χ1v) is 6.78. The van der Waals surface area contributed by atoms with Gasteiger partial charge < -0.3 is 15.4 Å². The first kappa shape index (κ1) is 13.4. The number of rotatable bonds is 5. The summed E-state index contributed by atoms with van der Waals surface area (Å²) in [6.45, 7) is 0. The van der Waals surface area contributed by atoms with Crippen LogP contribution in [0.1, 0.15) is 23.3 Å². The molecule has 1 saturated carbocycles. The van der Waals surface area contributed by atoms with Crippen LogP contribution in [0.15, 0.2) is 36.7 Å². The van der Waals surface area contributed by atoms with Crippen molar-refractivity contribution < 1.29 is 9.53 Å². The maximum Gasteiger partial charge on any atom is 0.271 e. The van der Waals surface area contributed by atoms with Crippen LogP contribution in [0.5, 0.6) is 5.75 Å². The van der Waals surface area contributed by atoms with E-state index in [0.717, 1.165) is 24.3 Å². The van der Waals surface area contributed by atoms with Crippen molar-refractivity contribution in [1.29, 1.82) is 0 Å². The van der Waals surface area contributed by atoms with E-state index in [2.05, 4.69) is 20.6 Å². The predicted octanol–water partition coefficient (Wildman–Crippen LogP) is 2.12. The van der Waals surface area contributed by atoms with Crippen LogP contribution in [0.25, 0.3) is 0 Å². The number of hydrogen-bond donors (Lipinski definition) is 2. The summed E-state index contributed by atoms with van der Waals surface area (Å²) in [6.07, 6.45) is 5.12. The van der Waals surface area contributed by atoms with Gasteiger partial charge in [0.2, 0.25) is 0 Å². The van der Waals surface area contributed by atoms with Gasteiger partial charge in [-0.2, -0.15) is 0 Å². The van der Waals surface area contributed by atoms with Crippen LogP contribution in [0.4, 0.5) is 11.5 Å². The van der Waals surface area contributed by atoms with Crippen molar-refractivity contribution >= 4 is 17.4 Å². The van der Waals surface area contributed by atoms with Crippen LogP contribution < -0.4 is 15.4 Å². The lowest BCUT2D eigenvalue weighted by Crippen LogP contribution is -2.26. The van der Waals surface area contributed by atoms with Crippen molar-refractivity contribution in [2.24, 2.45) is 0 Å². The number of anilines is 2. The van der Waals surface area contributed by atoms with E-state index in [1.165, 1.54) is 6.20 Å². The Morgan fingerprint density at radius 3 is 2.81 bits per heavy atom. The van der Waals surface area contributed by atoms with Crippen molar-refractivity contribution in [3.8, 4) is 5.75 Å². The molecule has 0 saturated heterocycles. The van der Waals surface area contributed by atoms with E-state index in [1.54, 1.807) is 13.3 Å². The Bertz CT molecular complexity index is 638. The standard InChI is InChI=1S/C15H16N4O2/c1-21-12-4-2-3-11(7-12)18-14-9-16-13(8-17-14)15(20)19-10-5-6-10/h2-4,7-10H,5-6H2,1H3,(H,17,18)(H,19,20). The Morgan fingerprint density at radius 1 is 1.29 bits per heavy atom. The SMILES string of the molecule is COc1cccc(Nc2cnc(C(=O)NC3CC3)cn2)c1. The second-order valence-electron chi connectivity index (χ2n) is 4.89. The smallest absolute Gasteiger partial charge is 0.271 e. The van der Waals surface area contributed by atoms with E-state index in [9.17, 15) is 4.79 Å². The molecule has 0 unspecified atom stereocenters. The van der Waals surface area contributed by atoms with Crippen molar-refractivity contribution in [3.63, 3.8) is 0 Å². The molecule has 0 aliphatic heterocycles. The normalized spacial score (nSPS) is 13.6. The van der Waals surface area contributed by atoms with Crippen LogP contribution >= 0.6 is 0 Å². The van der Waals surface area contributed by atoms with Gasteiger partial charge in [-0.3, -0.25) is 4.79 Å².